The van der Waals surface area contributed by atoms with Crippen LogP contribution in [-0.4, -0.2) is 11.2 Å². The lowest BCUT2D eigenvalue weighted by Gasteiger charge is -2.09. The largest absolute Gasteiger partial charge is 0.465 e. The predicted molar refractivity (Wildman–Crippen MR) is 52.6 cm³/mol. The second kappa shape index (κ2) is 5.14. The first-order valence-electron chi connectivity index (χ1n) is 3.95. The second-order valence-electron chi connectivity index (χ2n) is 2.85. The number of carboxylic acid groups (broad SMARTS) is 1. The first kappa shape index (κ1) is 13.2. The van der Waals surface area contributed by atoms with E-state index in [9.17, 15) is 8.78 Å². The fraction of sp³-hybridized carbons (Fsp3) is 0.222. The number of amides is 1. The molecule has 0 aliphatic carbocycles. The summed E-state index contributed by atoms with van der Waals surface area (Å²) in [5, 5.41) is 7.19. The van der Waals surface area contributed by atoms with E-state index in [4.69, 9.17) is 15.6 Å². The van der Waals surface area contributed by atoms with Crippen molar-refractivity contribution in [1.82, 2.24) is 0 Å². The number of alkyl halides is 2. The Morgan fingerprint density at radius 1 is 1.47 bits per heavy atom. The molecule has 5 N–H and O–H groups in total. The number of anilines is 1. The van der Waals surface area contributed by atoms with Crippen LogP contribution < -0.4 is 11.5 Å². The molecule has 84 valence electrons. The van der Waals surface area contributed by atoms with E-state index in [1.54, 1.807) is 6.07 Å². The molecule has 0 unspecified atom stereocenters. The number of nitrogen functional groups attached to an aromatic ring is 1. The van der Waals surface area contributed by atoms with Gasteiger partial charge in [0.15, 0.2) is 0 Å². The summed E-state index contributed by atoms with van der Waals surface area (Å²) in [6.07, 6.45) is -1.33. The molecule has 0 heterocycles. The van der Waals surface area contributed by atoms with E-state index in [1.165, 1.54) is 18.2 Å². The number of halogens is 2. The molecule has 0 bridgehead atoms. The zero-order chi connectivity index (χ0) is 12.1. The van der Waals surface area contributed by atoms with Crippen molar-refractivity contribution < 1.29 is 18.7 Å². The number of rotatable bonds is 1. The van der Waals surface area contributed by atoms with Crippen LogP contribution in [0.1, 0.15) is 12.5 Å². The molecule has 0 spiro atoms. The van der Waals surface area contributed by atoms with Crippen LogP contribution in [0.15, 0.2) is 24.3 Å². The van der Waals surface area contributed by atoms with Crippen LogP contribution in [0.25, 0.3) is 0 Å². The van der Waals surface area contributed by atoms with Crippen molar-refractivity contribution in [1.29, 1.82) is 0 Å². The molecule has 0 aromatic heterocycles. The highest BCUT2D eigenvalue weighted by Crippen LogP contribution is 2.27. The smallest absolute Gasteiger partial charge is 0.402 e. The standard InChI is InChI=1S/C8H9F2N.CH3NO2/c1-8(9,10)6-3-2-4-7(11)5-6;2-1(3)4/h2-5H,11H2,1H3;2H2,(H,3,4). The molecular formula is C9H12F2N2O2. The van der Waals surface area contributed by atoms with Crippen LogP contribution in [0, 0.1) is 0 Å². The normalized spacial score (nSPS) is 10.1. The number of carbonyl (C=O) groups is 1. The SMILES string of the molecule is CC(F)(F)c1cccc(N)c1.NC(=O)O. The van der Waals surface area contributed by atoms with Crippen LogP contribution >= 0.6 is 0 Å². The fourth-order valence-corrected chi connectivity index (χ4v) is 0.812. The van der Waals surface area contributed by atoms with Crippen LogP contribution in [-0.2, 0) is 5.92 Å². The van der Waals surface area contributed by atoms with Gasteiger partial charge in [-0.3, -0.25) is 0 Å². The summed E-state index contributed by atoms with van der Waals surface area (Å²) in [5.74, 6) is -2.80. The molecule has 0 radical (unpaired) electrons. The molecule has 0 aliphatic rings. The maximum atomic E-state index is 12.6. The van der Waals surface area contributed by atoms with Crippen molar-refractivity contribution in [2.75, 3.05) is 5.73 Å². The molecule has 1 aromatic rings. The van der Waals surface area contributed by atoms with Crippen molar-refractivity contribution in [3.63, 3.8) is 0 Å². The van der Waals surface area contributed by atoms with Gasteiger partial charge in [0.05, 0.1) is 0 Å². The Morgan fingerprint density at radius 3 is 2.20 bits per heavy atom. The number of hydrogen-bond donors (Lipinski definition) is 3. The average molecular weight is 218 g/mol. The van der Waals surface area contributed by atoms with E-state index in [2.05, 4.69) is 5.73 Å². The minimum Gasteiger partial charge on any atom is -0.465 e. The third-order valence-corrected chi connectivity index (χ3v) is 1.39. The fourth-order valence-electron chi connectivity index (χ4n) is 0.812. The maximum Gasteiger partial charge on any atom is 0.402 e. The third kappa shape index (κ3) is 6.25. The summed E-state index contributed by atoms with van der Waals surface area (Å²) in [4.78, 5) is 8.78. The molecule has 1 aromatic carbocycles. The molecule has 4 nitrogen and oxygen atoms in total. The number of hydrogen-bond acceptors (Lipinski definition) is 2. The molecule has 1 rings (SSSR count). The van der Waals surface area contributed by atoms with Gasteiger partial charge in [0.25, 0.3) is 5.92 Å². The monoisotopic (exact) mass is 218 g/mol. The summed E-state index contributed by atoms with van der Waals surface area (Å²) in [5.41, 5.74) is 9.67. The van der Waals surface area contributed by atoms with Gasteiger partial charge in [0, 0.05) is 18.2 Å². The maximum absolute atomic E-state index is 12.6. The molecule has 0 aliphatic heterocycles. The summed E-state index contributed by atoms with van der Waals surface area (Å²) in [7, 11) is 0. The van der Waals surface area contributed by atoms with E-state index < -0.39 is 12.0 Å². The van der Waals surface area contributed by atoms with E-state index in [0.717, 1.165) is 6.92 Å². The second-order valence-corrected chi connectivity index (χ2v) is 2.85. The molecule has 1 amide bonds. The Bertz CT molecular complexity index is 333. The zero-order valence-corrected chi connectivity index (χ0v) is 8.08. The highest BCUT2D eigenvalue weighted by molar-refractivity contribution is 5.61. The van der Waals surface area contributed by atoms with Gasteiger partial charge in [-0.1, -0.05) is 12.1 Å². The molecule has 0 saturated carbocycles. The highest BCUT2D eigenvalue weighted by Gasteiger charge is 2.23. The number of nitrogens with two attached hydrogens (primary N) is 2. The molecule has 15 heavy (non-hydrogen) atoms. The Labute approximate surface area is 85.5 Å². The molecule has 0 atom stereocenters. The lowest BCUT2D eigenvalue weighted by Crippen LogP contribution is -2.06. The minimum atomic E-state index is -2.80. The lowest BCUT2D eigenvalue weighted by atomic mass is 10.1. The zero-order valence-electron chi connectivity index (χ0n) is 8.08. The van der Waals surface area contributed by atoms with Gasteiger partial charge in [-0.2, -0.15) is 0 Å². The van der Waals surface area contributed by atoms with Gasteiger partial charge in [0.2, 0.25) is 0 Å². The first-order valence-corrected chi connectivity index (χ1v) is 3.95. The van der Waals surface area contributed by atoms with E-state index in [-0.39, 0.29) is 5.56 Å². The van der Waals surface area contributed by atoms with E-state index in [0.29, 0.717) is 5.69 Å². The molecule has 0 saturated heterocycles. The Morgan fingerprint density at radius 2 is 1.93 bits per heavy atom. The average Bonchev–Trinajstić information content (AvgIpc) is 2.01. The van der Waals surface area contributed by atoms with E-state index in [1.807, 2.05) is 0 Å². The number of benzene rings is 1. The third-order valence-electron chi connectivity index (χ3n) is 1.39. The summed E-state index contributed by atoms with van der Waals surface area (Å²) in [6, 6.07) is 5.73. The van der Waals surface area contributed by atoms with Gasteiger partial charge in [-0.25, -0.2) is 13.6 Å². The number of primary amides is 1. The first-order chi connectivity index (χ1) is 6.73. The van der Waals surface area contributed by atoms with Crippen molar-refractivity contribution >= 4 is 11.8 Å². The van der Waals surface area contributed by atoms with Gasteiger partial charge in [0.1, 0.15) is 0 Å². The van der Waals surface area contributed by atoms with Gasteiger partial charge in [-0.05, 0) is 12.1 Å². The van der Waals surface area contributed by atoms with Gasteiger partial charge in [-0.15, -0.1) is 0 Å². The van der Waals surface area contributed by atoms with E-state index >= 15 is 0 Å². The summed E-state index contributed by atoms with van der Waals surface area (Å²) in [6.45, 7) is 0.849. The Kier molecular flexibility index (Phi) is 4.50. The Hall–Kier alpha value is -1.85. The van der Waals surface area contributed by atoms with Crippen LogP contribution in [0.2, 0.25) is 0 Å². The van der Waals surface area contributed by atoms with Crippen molar-refractivity contribution in [2.24, 2.45) is 5.73 Å². The molecule has 0 fully saturated rings. The minimum absolute atomic E-state index is 0.0440. The van der Waals surface area contributed by atoms with Crippen molar-refractivity contribution in [3.05, 3.63) is 29.8 Å². The van der Waals surface area contributed by atoms with Crippen LogP contribution in [0.3, 0.4) is 0 Å². The lowest BCUT2D eigenvalue weighted by molar-refractivity contribution is 0.0175. The van der Waals surface area contributed by atoms with Crippen molar-refractivity contribution in [3.8, 4) is 0 Å². The van der Waals surface area contributed by atoms with Crippen LogP contribution in [0.4, 0.5) is 19.3 Å². The molecular weight excluding hydrogens is 206 g/mol. The van der Waals surface area contributed by atoms with Gasteiger partial charge >= 0.3 is 6.09 Å². The summed E-state index contributed by atoms with van der Waals surface area (Å²) < 4.78 is 25.2. The van der Waals surface area contributed by atoms with Crippen molar-refractivity contribution in [2.45, 2.75) is 12.8 Å². The highest BCUT2D eigenvalue weighted by atomic mass is 19.3. The van der Waals surface area contributed by atoms with Gasteiger partial charge < -0.3 is 16.6 Å². The van der Waals surface area contributed by atoms with Crippen LogP contribution in [0.5, 0.6) is 0 Å². The quantitative estimate of drug-likeness (QED) is 0.630. The topological polar surface area (TPSA) is 89.3 Å². The summed E-state index contributed by atoms with van der Waals surface area (Å²) >= 11 is 0. The predicted octanol–water partition coefficient (Wildman–Crippen LogP) is 2.00. The molecule has 6 heteroatoms. The Balaban J connectivity index is 0.000000423.